The zero-order valence-electron chi connectivity index (χ0n) is 35.2. The number of piperazine rings is 1. The summed E-state index contributed by atoms with van der Waals surface area (Å²) in [6.45, 7) is 10.7. The van der Waals surface area contributed by atoms with Gasteiger partial charge in [-0.25, -0.2) is 4.98 Å². The number of carbonyl (C=O) groups is 5. The molecule has 0 radical (unpaired) electrons. The van der Waals surface area contributed by atoms with Gasteiger partial charge < -0.3 is 14.5 Å². The molecular weight excluding hydrogens is 806 g/mol. The van der Waals surface area contributed by atoms with E-state index in [1.165, 1.54) is 0 Å². The fourth-order valence-electron chi connectivity index (χ4n) is 12.3. The van der Waals surface area contributed by atoms with Crippen LogP contribution in [0.5, 0.6) is 5.75 Å². The van der Waals surface area contributed by atoms with Gasteiger partial charge in [-0.05, 0) is 86.9 Å². The fourth-order valence-corrected chi connectivity index (χ4v) is 12.5. The Hall–Kier alpha value is -5.76. The maximum atomic E-state index is 13.8. The Kier molecular flexibility index (Phi) is 9.54. The molecule has 0 spiro atoms. The predicted molar refractivity (Wildman–Crippen MR) is 228 cm³/mol. The third-order valence-electron chi connectivity index (χ3n) is 14.8. The molecule has 7 aliphatic rings. The van der Waals surface area contributed by atoms with Crippen LogP contribution in [0, 0.1) is 39.9 Å². The first kappa shape index (κ1) is 40.3. The molecule has 1 aromatic heterocycles. The monoisotopic (exact) mass is 853 g/mol. The van der Waals surface area contributed by atoms with Crippen molar-refractivity contribution < 1.29 is 28.7 Å². The van der Waals surface area contributed by atoms with Gasteiger partial charge in [-0.3, -0.25) is 39.1 Å². The first-order valence-corrected chi connectivity index (χ1v) is 22.1. The third-order valence-corrected chi connectivity index (χ3v) is 15.1. The number of likely N-dealkylation sites (tertiary alicyclic amines) is 1. The van der Waals surface area contributed by atoms with E-state index in [-0.39, 0.29) is 47.6 Å². The Morgan fingerprint density at radius 2 is 1.55 bits per heavy atom. The van der Waals surface area contributed by atoms with Crippen LogP contribution in [0.4, 0.5) is 5.69 Å². The topological polar surface area (TPSA) is 156 Å². The molecule has 2 aromatic carbocycles. The van der Waals surface area contributed by atoms with Crippen molar-refractivity contribution in [3.63, 3.8) is 0 Å². The number of pyridine rings is 1. The zero-order chi connectivity index (χ0) is 43.4. The van der Waals surface area contributed by atoms with Gasteiger partial charge in [0.2, 0.25) is 11.8 Å². The number of piperidine rings is 1. The van der Waals surface area contributed by atoms with E-state index in [1.807, 2.05) is 23.1 Å². The Labute approximate surface area is 365 Å². The minimum Gasteiger partial charge on any atom is -0.489 e. The van der Waals surface area contributed by atoms with Crippen LogP contribution in [-0.4, -0.2) is 98.6 Å². The molecule has 3 saturated heterocycles. The second kappa shape index (κ2) is 14.7. The van der Waals surface area contributed by atoms with Crippen LogP contribution in [0.15, 0.2) is 48.5 Å². The van der Waals surface area contributed by atoms with Crippen molar-refractivity contribution in [3.05, 3.63) is 87.2 Å². The standard InChI is InChI=1S/C48H48ClN7O6/c1-47(2)45(48(3,4)46(47)62-33-14-8-27(22-50)37(49)21-33)55-25-38-35(42(55)59)15-10-28(51-38)9-5-26-6-11-29(12-7-26)53-23-32-19-31(53)24-54(32)30-13-16-34-36(20-30)44(61)56(43(34)60)39-17-18-40(57)52-41(39)58/h8,10,13-16,20-21,26,29,31-32,39,45-46H,6-7,11-12,17-19,23-25H2,1-4H3,(H,52,57,58)/t26?,29?,31-,32?,39-,45?,46?/m1/s1. The average Bonchev–Trinajstić information content (AvgIpc) is 4.00. The summed E-state index contributed by atoms with van der Waals surface area (Å²) in [7, 11) is 0. The molecule has 62 heavy (non-hydrogen) atoms. The largest absolute Gasteiger partial charge is 0.489 e. The van der Waals surface area contributed by atoms with Crippen molar-refractivity contribution in [2.24, 2.45) is 16.7 Å². The Morgan fingerprint density at radius 3 is 2.24 bits per heavy atom. The summed E-state index contributed by atoms with van der Waals surface area (Å²) in [6.07, 6.45) is 5.26. The molecule has 2 saturated carbocycles. The Morgan fingerprint density at radius 1 is 0.806 bits per heavy atom. The Bertz CT molecular complexity index is 2570. The van der Waals surface area contributed by atoms with Crippen LogP contribution in [0.2, 0.25) is 5.02 Å². The van der Waals surface area contributed by atoms with E-state index in [1.54, 1.807) is 30.3 Å². The Balaban J connectivity index is 0.733. The number of rotatable bonds is 6. The lowest BCUT2D eigenvalue weighted by Gasteiger charge is -2.65. The molecule has 3 atom stereocenters. The van der Waals surface area contributed by atoms with E-state index in [4.69, 9.17) is 21.3 Å². The molecule has 2 bridgehead atoms. The highest BCUT2D eigenvalue weighted by atomic mass is 35.5. The van der Waals surface area contributed by atoms with Crippen molar-refractivity contribution in [2.45, 2.75) is 115 Å². The SMILES string of the molecule is CC1(C)C(Oc2ccc(C#N)c(Cl)c2)C(C)(C)C1N1Cc2nc(C#CC3CCC(N4CC5C[C@@H]4CN5c4ccc5c(c4)C(=O)N([C@@H]4CCC(=O)NC4=O)C5=O)CC3)ccc2C1=O. The number of amides is 5. The highest BCUT2D eigenvalue weighted by Crippen LogP contribution is 2.59. The van der Waals surface area contributed by atoms with Crippen LogP contribution in [0.3, 0.4) is 0 Å². The fraction of sp³-hybridized carbons (Fsp3) is 0.479. The molecule has 5 fully saturated rings. The molecule has 1 unspecified atom stereocenters. The summed E-state index contributed by atoms with van der Waals surface area (Å²) in [6, 6.07) is 16.5. The number of carbonyl (C=O) groups excluding carboxylic acids is 5. The van der Waals surface area contributed by atoms with Gasteiger partial charge in [0.1, 0.15) is 29.7 Å². The number of aromatic nitrogens is 1. The van der Waals surface area contributed by atoms with Gasteiger partial charge in [0, 0.05) is 72.2 Å². The molecule has 3 aromatic rings. The number of nitriles is 1. The van der Waals surface area contributed by atoms with Crippen molar-refractivity contribution in [2.75, 3.05) is 18.0 Å². The predicted octanol–water partition coefficient (Wildman–Crippen LogP) is 5.72. The summed E-state index contributed by atoms with van der Waals surface area (Å²) >= 11 is 6.30. The van der Waals surface area contributed by atoms with Gasteiger partial charge in [-0.1, -0.05) is 45.2 Å². The summed E-state index contributed by atoms with van der Waals surface area (Å²) in [5, 5.41) is 11.9. The normalized spacial score (nSPS) is 29.5. The van der Waals surface area contributed by atoms with Crippen molar-refractivity contribution in [3.8, 4) is 23.7 Å². The van der Waals surface area contributed by atoms with Crippen LogP contribution < -0.4 is 15.0 Å². The molecule has 1 N–H and O–H groups in total. The van der Waals surface area contributed by atoms with Gasteiger partial charge in [0.25, 0.3) is 17.7 Å². The molecule has 13 nitrogen and oxygen atoms in total. The average molecular weight is 854 g/mol. The lowest BCUT2D eigenvalue weighted by Crippen LogP contribution is -2.74. The van der Waals surface area contributed by atoms with E-state index in [9.17, 15) is 29.2 Å². The summed E-state index contributed by atoms with van der Waals surface area (Å²) in [4.78, 5) is 77.6. The van der Waals surface area contributed by atoms with Gasteiger partial charge in [0.05, 0.1) is 39.5 Å². The smallest absolute Gasteiger partial charge is 0.262 e. The highest BCUT2D eigenvalue weighted by molar-refractivity contribution is 6.31. The van der Waals surface area contributed by atoms with Crippen molar-refractivity contribution in [1.29, 1.82) is 5.26 Å². The molecule has 2 aliphatic carbocycles. The number of nitrogens with zero attached hydrogens (tertiary/aromatic N) is 6. The number of halogens is 1. The van der Waals surface area contributed by atoms with E-state index >= 15 is 0 Å². The number of imide groups is 2. The van der Waals surface area contributed by atoms with Crippen LogP contribution in [0.25, 0.3) is 0 Å². The number of benzene rings is 2. The highest BCUT2D eigenvalue weighted by Gasteiger charge is 2.67. The lowest BCUT2D eigenvalue weighted by atomic mass is 9.49. The zero-order valence-corrected chi connectivity index (χ0v) is 36.0. The van der Waals surface area contributed by atoms with Crippen molar-refractivity contribution in [1.82, 2.24) is 25.0 Å². The number of fused-ring (bicyclic) bond motifs is 4. The van der Waals surface area contributed by atoms with Gasteiger partial charge >= 0.3 is 0 Å². The van der Waals surface area contributed by atoms with Gasteiger partial charge in [-0.2, -0.15) is 5.26 Å². The first-order valence-electron chi connectivity index (χ1n) is 21.7. The maximum Gasteiger partial charge on any atom is 0.262 e. The summed E-state index contributed by atoms with van der Waals surface area (Å²) in [5.74, 6) is 5.76. The molecular formula is C48H48ClN7O6. The summed E-state index contributed by atoms with van der Waals surface area (Å²) < 4.78 is 6.48. The number of ether oxygens (including phenoxy) is 1. The van der Waals surface area contributed by atoms with E-state index < -0.39 is 29.7 Å². The second-order valence-corrected chi connectivity index (χ2v) is 19.7. The number of anilines is 1. The van der Waals surface area contributed by atoms with Crippen LogP contribution in [0.1, 0.15) is 121 Å². The number of hydrogen-bond donors (Lipinski definition) is 1. The summed E-state index contributed by atoms with van der Waals surface area (Å²) in [5.41, 5.74) is 3.27. The molecule has 318 valence electrons. The van der Waals surface area contributed by atoms with Crippen LogP contribution in [-0.2, 0) is 16.1 Å². The van der Waals surface area contributed by atoms with E-state index in [0.717, 1.165) is 61.5 Å². The molecule has 6 heterocycles. The molecule has 10 rings (SSSR count). The molecule has 5 aliphatic heterocycles. The second-order valence-electron chi connectivity index (χ2n) is 19.3. The minimum absolute atomic E-state index is 0.0210. The van der Waals surface area contributed by atoms with E-state index in [0.29, 0.717) is 63.4 Å². The number of hydrogen-bond acceptors (Lipinski definition) is 10. The quantitative estimate of drug-likeness (QED) is 0.241. The maximum absolute atomic E-state index is 13.8. The van der Waals surface area contributed by atoms with Crippen LogP contribution >= 0.6 is 11.6 Å². The van der Waals surface area contributed by atoms with Crippen molar-refractivity contribution >= 4 is 46.8 Å². The van der Waals surface area contributed by atoms with Gasteiger partial charge in [-0.15, -0.1) is 0 Å². The molecule has 14 heteroatoms. The third kappa shape index (κ3) is 6.38. The first-order chi connectivity index (χ1) is 29.6. The molecule has 5 amide bonds. The lowest BCUT2D eigenvalue weighted by molar-refractivity contribution is -0.199. The number of nitrogens with one attached hydrogen (secondary N) is 1. The van der Waals surface area contributed by atoms with Gasteiger partial charge in [0.15, 0.2) is 0 Å². The minimum atomic E-state index is -0.977. The van der Waals surface area contributed by atoms with E-state index in [2.05, 4.69) is 60.7 Å².